The van der Waals surface area contributed by atoms with Gasteiger partial charge in [0.2, 0.25) is 0 Å². The Hall–Kier alpha value is -2.82. The molecule has 1 aliphatic rings. The Morgan fingerprint density at radius 3 is 2.04 bits per heavy atom. The van der Waals surface area contributed by atoms with Gasteiger partial charge in [0.25, 0.3) is 5.91 Å². The van der Waals surface area contributed by atoms with Crippen LogP contribution >= 0.6 is 0 Å². The van der Waals surface area contributed by atoms with Gasteiger partial charge < -0.3 is 15.1 Å². The second kappa shape index (κ2) is 7.17. The van der Waals surface area contributed by atoms with Crippen LogP contribution in [-0.2, 0) is 0 Å². The highest BCUT2D eigenvalue weighted by molar-refractivity contribution is 5.94. The van der Waals surface area contributed by atoms with E-state index in [4.69, 9.17) is 0 Å². The summed E-state index contributed by atoms with van der Waals surface area (Å²) >= 11 is 0. The average Bonchev–Trinajstić information content (AvgIpc) is 2.63. The number of rotatable bonds is 2. The van der Waals surface area contributed by atoms with Crippen LogP contribution in [0.2, 0.25) is 0 Å². The lowest BCUT2D eigenvalue weighted by Gasteiger charge is -2.34. The number of hydrogen-bond acceptors (Lipinski definition) is 2. The van der Waals surface area contributed by atoms with Crippen molar-refractivity contribution in [1.29, 1.82) is 0 Å². The first-order valence-electron chi connectivity index (χ1n) is 8.10. The molecule has 24 heavy (non-hydrogen) atoms. The monoisotopic (exact) mass is 323 g/mol. The molecule has 0 atom stereocenters. The Kier molecular flexibility index (Phi) is 4.79. The third-order valence-corrected chi connectivity index (χ3v) is 4.18. The number of amides is 3. The minimum Gasteiger partial charge on any atom is -0.335 e. The molecule has 1 heterocycles. The number of urea groups is 1. The van der Waals surface area contributed by atoms with Gasteiger partial charge >= 0.3 is 6.03 Å². The van der Waals surface area contributed by atoms with Crippen LogP contribution in [0.15, 0.2) is 54.6 Å². The minimum absolute atomic E-state index is 0.0260. The van der Waals surface area contributed by atoms with Crippen LogP contribution in [0.3, 0.4) is 0 Å². The molecule has 0 aliphatic carbocycles. The molecule has 0 bridgehead atoms. The molecule has 0 unspecified atom stereocenters. The van der Waals surface area contributed by atoms with Gasteiger partial charge in [-0.2, -0.15) is 0 Å². The van der Waals surface area contributed by atoms with Gasteiger partial charge in [0.1, 0.15) is 0 Å². The third kappa shape index (κ3) is 3.74. The smallest absolute Gasteiger partial charge is 0.321 e. The van der Waals surface area contributed by atoms with Crippen molar-refractivity contribution in [3.63, 3.8) is 0 Å². The first-order valence-corrected chi connectivity index (χ1v) is 8.10. The lowest BCUT2D eigenvalue weighted by molar-refractivity contribution is 0.0671. The molecule has 2 aromatic carbocycles. The topological polar surface area (TPSA) is 52.7 Å². The Morgan fingerprint density at radius 2 is 1.42 bits per heavy atom. The van der Waals surface area contributed by atoms with Crippen LogP contribution in [-0.4, -0.2) is 47.9 Å². The van der Waals surface area contributed by atoms with E-state index in [-0.39, 0.29) is 11.9 Å². The summed E-state index contributed by atoms with van der Waals surface area (Å²) in [6.45, 7) is 4.18. The lowest BCUT2D eigenvalue weighted by Crippen LogP contribution is -2.51. The summed E-state index contributed by atoms with van der Waals surface area (Å²) in [5.41, 5.74) is 2.61. The van der Waals surface area contributed by atoms with Crippen LogP contribution in [0.5, 0.6) is 0 Å². The fourth-order valence-corrected chi connectivity index (χ4v) is 2.72. The number of aryl methyl sites for hydroxylation is 1. The van der Waals surface area contributed by atoms with E-state index in [2.05, 4.69) is 5.32 Å². The number of hydrogen-bond donors (Lipinski definition) is 1. The number of piperazine rings is 1. The predicted molar refractivity (Wildman–Crippen MR) is 94.1 cm³/mol. The number of nitrogens with zero attached hydrogens (tertiary/aromatic N) is 2. The van der Waals surface area contributed by atoms with Crippen molar-refractivity contribution in [2.45, 2.75) is 6.92 Å². The van der Waals surface area contributed by atoms with Gasteiger partial charge in [-0.25, -0.2) is 4.79 Å². The van der Waals surface area contributed by atoms with Gasteiger partial charge in [-0.1, -0.05) is 35.9 Å². The van der Waals surface area contributed by atoms with Gasteiger partial charge in [0.15, 0.2) is 0 Å². The van der Waals surface area contributed by atoms with Gasteiger partial charge in [0.05, 0.1) is 0 Å². The van der Waals surface area contributed by atoms with Gasteiger partial charge in [-0.3, -0.25) is 4.79 Å². The van der Waals surface area contributed by atoms with E-state index in [0.29, 0.717) is 31.7 Å². The first kappa shape index (κ1) is 16.1. The largest absolute Gasteiger partial charge is 0.335 e. The Balaban J connectivity index is 1.54. The molecule has 3 rings (SSSR count). The number of nitrogens with one attached hydrogen (secondary N) is 1. The van der Waals surface area contributed by atoms with Crippen LogP contribution in [0.25, 0.3) is 0 Å². The normalized spacial score (nSPS) is 14.4. The van der Waals surface area contributed by atoms with Crippen molar-refractivity contribution in [3.05, 3.63) is 65.7 Å². The van der Waals surface area contributed by atoms with E-state index in [1.807, 2.05) is 61.5 Å². The molecule has 3 amide bonds. The number of para-hydroxylation sites is 1. The highest BCUT2D eigenvalue weighted by Crippen LogP contribution is 2.12. The Labute approximate surface area is 141 Å². The molecule has 1 fully saturated rings. The molecule has 0 aromatic heterocycles. The Bertz CT molecular complexity index is 705. The molecule has 0 saturated carbocycles. The quantitative estimate of drug-likeness (QED) is 0.924. The van der Waals surface area contributed by atoms with E-state index in [1.165, 1.54) is 0 Å². The average molecular weight is 323 g/mol. The number of benzene rings is 2. The van der Waals surface area contributed by atoms with E-state index >= 15 is 0 Å². The van der Waals surface area contributed by atoms with E-state index in [9.17, 15) is 9.59 Å². The summed E-state index contributed by atoms with van der Waals surface area (Å²) < 4.78 is 0. The molecule has 0 radical (unpaired) electrons. The number of anilines is 1. The summed E-state index contributed by atoms with van der Waals surface area (Å²) in [6, 6.07) is 16.9. The van der Waals surface area contributed by atoms with E-state index in [0.717, 1.165) is 11.3 Å². The molecule has 1 saturated heterocycles. The standard InChI is InChI=1S/C19H21N3O2/c1-15-7-9-16(10-8-15)18(23)21-11-13-22(14-12-21)19(24)20-17-5-3-2-4-6-17/h2-10H,11-14H2,1H3,(H,20,24). The molecule has 2 aromatic rings. The fourth-order valence-electron chi connectivity index (χ4n) is 2.72. The highest BCUT2D eigenvalue weighted by Gasteiger charge is 2.24. The van der Waals surface area contributed by atoms with Crippen LogP contribution < -0.4 is 5.32 Å². The molecule has 0 spiro atoms. The zero-order valence-corrected chi connectivity index (χ0v) is 13.7. The number of carbonyl (C=O) groups excluding carboxylic acids is 2. The minimum atomic E-state index is -0.122. The summed E-state index contributed by atoms with van der Waals surface area (Å²) in [4.78, 5) is 28.3. The summed E-state index contributed by atoms with van der Waals surface area (Å²) in [7, 11) is 0. The van der Waals surface area contributed by atoms with Crippen molar-refractivity contribution in [1.82, 2.24) is 9.80 Å². The molecule has 124 valence electrons. The zero-order valence-electron chi connectivity index (χ0n) is 13.7. The molecule has 5 heteroatoms. The second-order valence-corrected chi connectivity index (χ2v) is 5.94. The number of carbonyl (C=O) groups is 2. The third-order valence-electron chi connectivity index (χ3n) is 4.18. The van der Waals surface area contributed by atoms with Gasteiger partial charge in [-0.15, -0.1) is 0 Å². The molecule has 1 aliphatic heterocycles. The van der Waals surface area contributed by atoms with E-state index in [1.54, 1.807) is 9.80 Å². The van der Waals surface area contributed by atoms with Crippen molar-refractivity contribution >= 4 is 17.6 Å². The summed E-state index contributed by atoms with van der Waals surface area (Å²) in [5.74, 6) is 0.0260. The molecule has 1 N–H and O–H groups in total. The fraction of sp³-hybridized carbons (Fsp3) is 0.263. The maximum absolute atomic E-state index is 12.5. The SMILES string of the molecule is Cc1ccc(C(=O)N2CCN(C(=O)Nc3ccccc3)CC2)cc1. The Morgan fingerprint density at radius 1 is 0.833 bits per heavy atom. The lowest BCUT2D eigenvalue weighted by atomic mass is 10.1. The summed E-state index contributed by atoms with van der Waals surface area (Å²) in [6.07, 6.45) is 0. The van der Waals surface area contributed by atoms with Crippen molar-refractivity contribution in [2.75, 3.05) is 31.5 Å². The van der Waals surface area contributed by atoms with Gasteiger partial charge in [0, 0.05) is 37.4 Å². The van der Waals surface area contributed by atoms with Gasteiger partial charge in [-0.05, 0) is 31.2 Å². The summed E-state index contributed by atoms with van der Waals surface area (Å²) in [5, 5.41) is 2.88. The van der Waals surface area contributed by atoms with Crippen LogP contribution in [0, 0.1) is 6.92 Å². The zero-order chi connectivity index (χ0) is 16.9. The molecular formula is C19H21N3O2. The van der Waals surface area contributed by atoms with E-state index < -0.39 is 0 Å². The van der Waals surface area contributed by atoms with Crippen molar-refractivity contribution in [3.8, 4) is 0 Å². The maximum atomic E-state index is 12.5. The molecule has 5 nitrogen and oxygen atoms in total. The first-order chi connectivity index (χ1) is 11.6. The van der Waals surface area contributed by atoms with Crippen LogP contribution in [0.1, 0.15) is 15.9 Å². The highest BCUT2D eigenvalue weighted by atomic mass is 16.2. The molecular weight excluding hydrogens is 302 g/mol. The van der Waals surface area contributed by atoms with Crippen molar-refractivity contribution in [2.24, 2.45) is 0 Å². The maximum Gasteiger partial charge on any atom is 0.321 e. The second-order valence-electron chi connectivity index (χ2n) is 5.94. The van der Waals surface area contributed by atoms with Crippen LogP contribution in [0.4, 0.5) is 10.5 Å². The van der Waals surface area contributed by atoms with Crippen molar-refractivity contribution < 1.29 is 9.59 Å². The predicted octanol–water partition coefficient (Wildman–Crippen LogP) is 2.98.